The summed E-state index contributed by atoms with van der Waals surface area (Å²) >= 11 is 4.97. The Morgan fingerprint density at radius 2 is 2.05 bits per heavy atom. The van der Waals surface area contributed by atoms with Crippen LogP contribution in [0.15, 0.2) is 24.3 Å². The predicted molar refractivity (Wildman–Crippen MR) is 82.0 cm³/mol. The van der Waals surface area contributed by atoms with Crippen molar-refractivity contribution in [1.29, 1.82) is 0 Å². The Morgan fingerprint density at radius 3 is 2.80 bits per heavy atom. The van der Waals surface area contributed by atoms with E-state index in [0.717, 1.165) is 6.42 Å². The van der Waals surface area contributed by atoms with E-state index >= 15 is 0 Å². The fourth-order valence-corrected chi connectivity index (χ4v) is 3.96. The van der Waals surface area contributed by atoms with Crippen molar-refractivity contribution in [2.75, 3.05) is 26.3 Å². The fraction of sp³-hybridized carbons (Fsp3) is 0.462. The Morgan fingerprint density at radius 1 is 1.30 bits per heavy atom. The zero-order valence-electron chi connectivity index (χ0n) is 11.1. The zero-order chi connectivity index (χ0) is 14.6. The lowest BCUT2D eigenvalue weighted by molar-refractivity contribution is 0.148. The van der Waals surface area contributed by atoms with Crippen LogP contribution < -0.4 is 5.73 Å². The van der Waals surface area contributed by atoms with Gasteiger partial charge in [-0.1, -0.05) is 36.5 Å². The molecule has 0 bridgehead atoms. The van der Waals surface area contributed by atoms with Crippen LogP contribution in [0.1, 0.15) is 17.5 Å². The third kappa shape index (κ3) is 3.76. The molecule has 7 heteroatoms. The van der Waals surface area contributed by atoms with Crippen molar-refractivity contribution in [1.82, 2.24) is 4.31 Å². The minimum Gasteiger partial charge on any atom is -0.389 e. The molecule has 1 aliphatic heterocycles. The summed E-state index contributed by atoms with van der Waals surface area (Å²) in [6.07, 6.45) is 0.718. The highest BCUT2D eigenvalue weighted by atomic mass is 32.2. The van der Waals surface area contributed by atoms with Crippen LogP contribution in [0, 0.1) is 0 Å². The van der Waals surface area contributed by atoms with E-state index in [1.807, 2.05) is 0 Å². The second kappa shape index (κ2) is 6.62. The molecule has 1 saturated heterocycles. The van der Waals surface area contributed by atoms with E-state index in [9.17, 15) is 8.42 Å². The molecule has 1 heterocycles. The number of nitrogens with two attached hydrogens (primary N) is 1. The first-order valence-corrected chi connectivity index (χ1v) is 8.46. The number of thiocarbonyl (C=S) groups is 1. The van der Waals surface area contributed by atoms with Crippen molar-refractivity contribution in [3.63, 3.8) is 0 Å². The zero-order valence-corrected chi connectivity index (χ0v) is 12.8. The summed E-state index contributed by atoms with van der Waals surface area (Å²) in [5.41, 5.74) is 6.91. The van der Waals surface area contributed by atoms with Crippen molar-refractivity contribution in [3.05, 3.63) is 35.4 Å². The molecule has 0 unspecified atom stereocenters. The van der Waals surface area contributed by atoms with Crippen molar-refractivity contribution < 1.29 is 13.2 Å². The Labute approximate surface area is 124 Å². The van der Waals surface area contributed by atoms with E-state index in [0.29, 0.717) is 37.4 Å². The van der Waals surface area contributed by atoms with Gasteiger partial charge in [-0.25, -0.2) is 8.42 Å². The predicted octanol–water partition coefficient (Wildman–Crippen LogP) is 0.873. The Kier molecular flexibility index (Phi) is 5.09. The smallest absolute Gasteiger partial charge is 0.218 e. The molecule has 0 amide bonds. The van der Waals surface area contributed by atoms with Crippen LogP contribution >= 0.6 is 12.2 Å². The molecule has 1 aliphatic rings. The summed E-state index contributed by atoms with van der Waals surface area (Å²) in [6.45, 7) is 1.95. The first-order valence-electron chi connectivity index (χ1n) is 6.44. The highest BCUT2D eigenvalue weighted by Crippen LogP contribution is 2.16. The molecule has 1 aromatic carbocycles. The molecule has 5 nitrogen and oxygen atoms in total. The number of ether oxygens (including phenoxy) is 1. The van der Waals surface area contributed by atoms with Gasteiger partial charge in [-0.05, 0) is 12.0 Å². The van der Waals surface area contributed by atoms with Gasteiger partial charge >= 0.3 is 0 Å². The molecule has 0 saturated carbocycles. The lowest BCUT2D eigenvalue weighted by Gasteiger charge is -2.20. The van der Waals surface area contributed by atoms with E-state index in [4.69, 9.17) is 22.7 Å². The Bertz CT molecular complexity index is 579. The van der Waals surface area contributed by atoms with E-state index in [-0.39, 0.29) is 10.7 Å². The van der Waals surface area contributed by atoms with E-state index in [1.165, 1.54) is 4.31 Å². The average molecular weight is 314 g/mol. The topological polar surface area (TPSA) is 72.6 Å². The fourth-order valence-electron chi connectivity index (χ4n) is 2.18. The van der Waals surface area contributed by atoms with Crippen LogP contribution in [-0.2, 0) is 20.5 Å². The number of rotatable bonds is 4. The number of benzene rings is 1. The second-order valence-corrected chi connectivity index (χ2v) is 7.05. The van der Waals surface area contributed by atoms with Gasteiger partial charge in [0.1, 0.15) is 4.99 Å². The third-order valence-electron chi connectivity index (χ3n) is 3.20. The highest BCUT2D eigenvalue weighted by molar-refractivity contribution is 7.88. The van der Waals surface area contributed by atoms with Crippen LogP contribution in [0.5, 0.6) is 0 Å². The maximum Gasteiger partial charge on any atom is 0.218 e. The third-order valence-corrected chi connectivity index (χ3v) is 5.24. The lowest BCUT2D eigenvalue weighted by atomic mass is 10.1. The van der Waals surface area contributed by atoms with Crippen LogP contribution in [-0.4, -0.2) is 44.0 Å². The van der Waals surface area contributed by atoms with Crippen LogP contribution in [0.4, 0.5) is 0 Å². The summed E-state index contributed by atoms with van der Waals surface area (Å²) < 4.78 is 31.7. The van der Waals surface area contributed by atoms with E-state index in [2.05, 4.69) is 0 Å². The average Bonchev–Trinajstić information content (AvgIpc) is 2.68. The van der Waals surface area contributed by atoms with Crippen LogP contribution in [0.25, 0.3) is 0 Å². The molecule has 1 aromatic rings. The quantitative estimate of drug-likeness (QED) is 0.835. The molecular formula is C13H18N2O3S2. The van der Waals surface area contributed by atoms with E-state index in [1.54, 1.807) is 24.3 Å². The molecular weight excluding hydrogens is 296 g/mol. The van der Waals surface area contributed by atoms with Crippen LogP contribution in [0.3, 0.4) is 0 Å². The molecule has 1 fully saturated rings. The van der Waals surface area contributed by atoms with Gasteiger partial charge in [0.15, 0.2) is 0 Å². The normalized spacial score (nSPS) is 17.6. The SMILES string of the molecule is NC(=S)c1ccccc1CS(=O)(=O)N1CCCOCC1. The molecule has 0 aromatic heterocycles. The molecule has 110 valence electrons. The number of nitrogens with zero attached hydrogens (tertiary/aromatic N) is 1. The largest absolute Gasteiger partial charge is 0.389 e. The van der Waals surface area contributed by atoms with Gasteiger partial charge in [0.05, 0.1) is 12.4 Å². The molecule has 2 rings (SSSR count). The van der Waals surface area contributed by atoms with Crippen molar-refractivity contribution in [2.45, 2.75) is 12.2 Å². The summed E-state index contributed by atoms with van der Waals surface area (Å²) in [5, 5.41) is 0. The summed E-state index contributed by atoms with van der Waals surface area (Å²) in [6, 6.07) is 7.08. The monoisotopic (exact) mass is 314 g/mol. The Hall–Kier alpha value is -1.02. The van der Waals surface area contributed by atoms with Gasteiger partial charge in [0.2, 0.25) is 10.0 Å². The van der Waals surface area contributed by atoms with Gasteiger partial charge < -0.3 is 10.5 Å². The lowest BCUT2D eigenvalue weighted by Crippen LogP contribution is -2.34. The molecule has 20 heavy (non-hydrogen) atoms. The Balaban J connectivity index is 2.21. The van der Waals surface area contributed by atoms with Crippen LogP contribution in [0.2, 0.25) is 0 Å². The van der Waals surface area contributed by atoms with Gasteiger partial charge in [0.25, 0.3) is 0 Å². The summed E-state index contributed by atoms with van der Waals surface area (Å²) in [7, 11) is -3.38. The van der Waals surface area contributed by atoms with Crippen molar-refractivity contribution in [2.24, 2.45) is 5.73 Å². The number of hydrogen-bond donors (Lipinski definition) is 1. The minimum absolute atomic E-state index is 0.0828. The minimum atomic E-state index is -3.38. The standard InChI is InChI=1S/C13H18N2O3S2/c14-13(19)12-5-2-1-4-11(12)10-20(16,17)15-6-3-8-18-9-7-15/h1-2,4-5H,3,6-10H2,(H2,14,19). The second-order valence-electron chi connectivity index (χ2n) is 4.64. The number of sulfonamides is 1. The molecule has 2 N–H and O–H groups in total. The van der Waals surface area contributed by atoms with Gasteiger partial charge in [0, 0.05) is 25.3 Å². The first kappa shape index (κ1) is 15.4. The van der Waals surface area contributed by atoms with Gasteiger partial charge in [-0.3, -0.25) is 0 Å². The van der Waals surface area contributed by atoms with Crippen molar-refractivity contribution >= 4 is 27.2 Å². The molecule has 0 spiro atoms. The summed E-state index contributed by atoms with van der Waals surface area (Å²) in [5.74, 6) is -0.0828. The molecule has 0 aliphatic carbocycles. The molecule has 0 atom stereocenters. The molecule has 0 radical (unpaired) electrons. The summed E-state index contributed by atoms with van der Waals surface area (Å²) in [4.78, 5) is 0.218. The van der Waals surface area contributed by atoms with Crippen molar-refractivity contribution in [3.8, 4) is 0 Å². The van der Waals surface area contributed by atoms with E-state index < -0.39 is 10.0 Å². The highest BCUT2D eigenvalue weighted by Gasteiger charge is 2.24. The maximum atomic E-state index is 12.5. The van der Waals surface area contributed by atoms with Gasteiger partial charge in [-0.15, -0.1) is 0 Å². The first-order chi connectivity index (χ1) is 9.50. The number of hydrogen-bond acceptors (Lipinski definition) is 4. The van der Waals surface area contributed by atoms with Gasteiger partial charge in [-0.2, -0.15) is 4.31 Å². The maximum absolute atomic E-state index is 12.5.